The van der Waals surface area contributed by atoms with Crippen LogP contribution >= 0.6 is 24.0 Å². The highest BCUT2D eigenvalue weighted by Gasteiger charge is 2.16. The van der Waals surface area contributed by atoms with Crippen LogP contribution in [-0.4, -0.2) is 35.9 Å². The number of aromatic nitrogens is 2. The number of carbonyl (C=O) groups is 1. The van der Waals surface area contributed by atoms with Gasteiger partial charge in [0.05, 0.1) is 20.3 Å². The molecule has 0 spiro atoms. The van der Waals surface area contributed by atoms with Gasteiger partial charge in [-0.3, -0.25) is 9.48 Å². The molecule has 0 bridgehead atoms. The van der Waals surface area contributed by atoms with Crippen LogP contribution < -0.4 is 20.1 Å². The van der Waals surface area contributed by atoms with Crippen molar-refractivity contribution in [3.63, 3.8) is 0 Å². The summed E-state index contributed by atoms with van der Waals surface area (Å²) in [5.74, 6) is 1.60. The number of halogens is 2. The van der Waals surface area contributed by atoms with E-state index in [1.54, 1.807) is 17.9 Å². The fraction of sp³-hybridized carbons (Fsp3) is 0.385. The summed E-state index contributed by atoms with van der Waals surface area (Å²) in [6.07, 6.45) is 0. The van der Waals surface area contributed by atoms with Crippen molar-refractivity contribution in [2.24, 2.45) is 5.92 Å². The van der Waals surface area contributed by atoms with Gasteiger partial charge in [0.15, 0.2) is 5.69 Å². The molecule has 0 fully saturated rings. The summed E-state index contributed by atoms with van der Waals surface area (Å²) < 4.78 is 13.2. The van der Waals surface area contributed by atoms with E-state index >= 15 is 0 Å². The van der Waals surface area contributed by atoms with Crippen LogP contribution in [0.4, 0.5) is 5.69 Å². The van der Waals surface area contributed by atoms with Crippen molar-refractivity contribution in [2.45, 2.75) is 40.8 Å². The number of carbonyl (C=O) groups excluding carboxylic acids is 1. The first-order chi connectivity index (χ1) is 16.3. The number of nitrogens with one attached hydrogen (secondary N) is 2. The lowest BCUT2D eigenvalue weighted by Crippen LogP contribution is -2.15. The number of rotatable bonds is 11. The van der Waals surface area contributed by atoms with Crippen molar-refractivity contribution in [2.75, 3.05) is 25.6 Å². The Labute approximate surface area is 218 Å². The smallest absolute Gasteiger partial charge is 0.276 e. The van der Waals surface area contributed by atoms with E-state index in [9.17, 15) is 4.79 Å². The molecule has 1 heterocycles. The summed E-state index contributed by atoms with van der Waals surface area (Å²) in [5.41, 5.74) is 3.78. The molecule has 2 N–H and O–H groups in total. The molecule has 0 unspecified atom stereocenters. The van der Waals surface area contributed by atoms with Crippen molar-refractivity contribution >= 4 is 35.6 Å². The normalized spacial score (nSPS) is 10.7. The Morgan fingerprint density at radius 2 is 1.89 bits per heavy atom. The molecule has 0 aliphatic carbocycles. The van der Waals surface area contributed by atoms with Crippen molar-refractivity contribution in [3.8, 4) is 11.5 Å². The second kappa shape index (κ2) is 13.4. The third kappa shape index (κ3) is 7.88. The molecule has 35 heavy (non-hydrogen) atoms. The summed E-state index contributed by atoms with van der Waals surface area (Å²) in [6.45, 7) is 10.8. The van der Waals surface area contributed by atoms with Gasteiger partial charge in [0.25, 0.3) is 5.91 Å². The molecule has 1 aromatic heterocycles. The number of aryl methyl sites for hydroxylation is 1. The van der Waals surface area contributed by atoms with E-state index in [-0.39, 0.29) is 18.3 Å². The molecular formula is C26H34Cl2N4O3. The van der Waals surface area contributed by atoms with E-state index in [4.69, 9.17) is 21.1 Å². The summed E-state index contributed by atoms with van der Waals surface area (Å²) >= 11 is 6.23. The van der Waals surface area contributed by atoms with Crippen LogP contribution in [0.25, 0.3) is 0 Å². The molecule has 0 atom stereocenters. The number of ether oxygens (including phenoxy) is 2. The van der Waals surface area contributed by atoms with Crippen LogP contribution in [0.1, 0.15) is 48.1 Å². The standard InChI is InChI=1S/C26H33ClN4O3.ClH/c1-6-28-14-19-7-9-22(13-25(19)33-5)29-26(32)23-11-18(4)31(30-23)15-20-12-21(27)8-10-24(20)34-16-17(2)3;/h7-13,17,28H,6,14-16H2,1-5H3,(H,29,32);1H. The molecule has 3 aromatic rings. The largest absolute Gasteiger partial charge is 0.496 e. The van der Waals surface area contributed by atoms with Gasteiger partial charge in [0, 0.05) is 40.1 Å². The number of methoxy groups -OCH3 is 1. The van der Waals surface area contributed by atoms with Crippen LogP contribution in [0.3, 0.4) is 0 Å². The summed E-state index contributed by atoms with van der Waals surface area (Å²) in [5, 5.41) is 11.3. The molecular weight excluding hydrogens is 487 g/mol. The monoisotopic (exact) mass is 520 g/mol. The molecule has 0 aliphatic heterocycles. The Hall–Kier alpha value is -2.74. The van der Waals surface area contributed by atoms with Gasteiger partial charge < -0.3 is 20.1 Å². The topological polar surface area (TPSA) is 77.4 Å². The van der Waals surface area contributed by atoms with Gasteiger partial charge in [0.2, 0.25) is 0 Å². The molecule has 0 radical (unpaired) electrons. The first kappa shape index (κ1) is 28.5. The fourth-order valence-electron chi connectivity index (χ4n) is 3.43. The van der Waals surface area contributed by atoms with E-state index in [2.05, 4.69) is 29.6 Å². The Kier molecular flexibility index (Phi) is 10.9. The fourth-order valence-corrected chi connectivity index (χ4v) is 3.63. The van der Waals surface area contributed by atoms with Gasteiger partial charge in [-0.25, -0.2) is 0 Å². The first-order valence-corrected chi connectivity index (χ1v) is 11.8. The lowest BCUT2D eigenvalue weighted by atomic mass is 10.1. The number of amides is 1. The minimum Gasteiger partial charge on any atom is -0.496 e. The molecule has 2 aromatic carbocycles. The Balaban J connectivity index is 0.00000432. The van der Waals surface area contributed by atoms with Crippen molar-refractivity contribution in [1.82, 2.24) is 15.1 Å². The summed E-state index contributed by atoms with van der Waals surface area (Å²) in [4.78, 5) is 12.9. The average Bonchev–Trinajstić information content (AvgIpc) is 3.17. The molecule has 1 amide bonds. The maximum absolute atomic E-state index is 12.9. The van der Waals surface area contributed by atoms with E-state index < -0.39 is 0 Å². The van der Waals surface area contributed by atoms with Crippen molar-refractivity contribution < 1.29 is 14.3 Å². The number of hydrogen-bond acceptors (Lipinski definition) is 5. The van der Waals surface area contributed by atoms with E-state index in [1.807, 2.05) is 50.2 Å². The second-order valence-electron chi connectivity index (χ2n) is 8.55. The van der Waals surface area contributed by atoms with Crippen molar-refractivity contribution in [3.05, 3.63) is 70.0 Å². The molecule has 190 valence electrons. The average molecular weight is 521 g/mol. The van der Waals surface area contributed by atoms with Gasteiger partial charge in [-0.2, -0.15) is 5.10 Å². The molecule has 0 aliphatic rings. The molecule has 9 heteroatoms. The second-order valence-corrected chi connectivity index (χ2v) is 8.98. The molecule has 0 saturated heterocycles. The maximum atomic E-state index is 12.9. The number of benzene rings is 2. The predicted molar refractivity (Wildman–Crippen MR) is 143 cm³/mol. The Morgan fingerprint density at radius 3 is 2.57 bits per heavy atom. The van der Waals surface area contributed by atoms with Gasteiger partial charge in [-0.15, -0.1) is 12.4 Å². The van der Waals surface area contributed by atoms with Crippen LogP contribution in [0.5, 0.6) is 11.5 Å². The molecule has 0 saturated carbocycles. The third-order valence-electron chi connectivity index (χ3n) is 5.24. The zero-order valence-corrected chi connectivity index (χ0v) is 22.4. The Bertz CT molecular complexity index is 1130. The third-order valence-corrected chi connectivity index (χ3v) is 5.47. The number of anilines is 1. The van der Waals surface area contributed by atoms with E-state index in [1.165, 1.54) is 0 Å². The first-order valence-electron chi connectivity index (χ1n) is 11.4. The van der Waals surface area contributed by atoms with Crippen LogP contribution in [0.15, 0.2) is 42.5 Å². The minimum absolute atomic E-state index is 0. The Morgan fingerprint density at radius 1 is 1.11 bits per heavy atom. The zero-order chi connectivity index (χ0) is 24.7. The van der Waals surface area contributed by atoms with Crippen LogP contribution in [0.2, 0.25) is 5.02 Å². The maximum Gasteiger partial charge on any atom is 0.276 e. The van der Waals surface area contributed by atoms with E-state index in [0.717, 1.165) is 34.9 Å². The van der Waals surface area contributed by atoms with Crippen LogP contribution in [0, 0.1) is 12.8 Å². The zero-order valence-electron chi connectivity index (χ0n) is 20.9. The lowest BCUT2D eigenvalue weighted by molar-refractivity contribution is 0.102. The number of hydrogen-bond donors (Lipinski definition) is 2. The van der Waals surface area contributed by atoms with Crippen molar-refractivity contribution in [1.29, 1.82) is 0 Å². The quantitative estimate of drug-likeness (QED) is 0.338. The highest BCUT2D eigenvalue weighted by Crippen LogP contribution is 2.26. The lowest BCUT2D eigenvalue weighted by Gasteiger charge is -2.14. The van der Waals surface area contributed by atoms with Gasteiger partial charge in [-0.05, 0) is 49.7 Å². The molecule has 3 rings (SSSR count). The van der Waals surface area contributed by atoms with E-state index in [0.29, 0.717) is 42.0 Å². The van der Waals surface area contributed by atoms with Gasteiger partial charge >= 0.3 is 0 Å². The molecule has 7 nitrogen and oxygen atoms in total. The summed E-state index contributed by atoms with van der Waals surface area (Å²) in [7, 11) is 1.62. The van der Waals surface area contributed by atoms with Gasteiger partial charge in [0.1, 0.15) is 11.5 Å². The minimum atomic E-state index is -0.286. The summed E-state index contributed by atoms with van der Waals surface area (Å²) in [6, 6.07) is 13.0. The number of nitrogens with zero attached hydrogens (tertiary/aromatic N) is 2. The highest BCUT2D eigenvalue weighted by molar-refractivity contribution is 6.30. The van der Waals surface area contributed by atoms with Gasteiger partial charge in [-0.1, -0.05) is 38.4 Å². The predicted octanol–water partition coefficient (Wildman–Crippen LogP) is 5.72. The SMILES string of the molecule is CCNCc1ccc(NC(=O)c2cc(C)n(Cc3cc(Cl)ccc3OCC(C)C)n2)cc1OC.Cl. The van der Waals surface area contributed by atoms with Crippen LogP contribution in [-0.2, 0) is 13.1 Å². The highest BCUT2D eigenvalue weighted by atomic mass is 35.5.